The summed E-state index contributed by atoms with van der Waals surface area (Å²) >= 11 is 1.08. The highest BCUT2D eigenvalue weighted by Crippen LogP contribution is 2.30. The number of aryl methyl sites for hydroxylation is 2. The van der Waals surface area contributed by atoms with Gasteiger partial charge in [0.2, 0.25) is 14.2 Å². The molecule has 176 valence electrons. The Labute approximate surface area is 207 Å². The fourth-order valence-corrected chi connectivity index (χ4v) is 5.90. The van der Waals surface area contributed by atoms with E-state index < -0.39 is 9.84 Å². The van der Waals surface area contributed by atoms with E-state index in [0.717, 1.165) is 22.5 Å². The lowest BCUT2D eigenvalue weighted by Crippen LogP contribution is -2.21. The van der Waals surface area contributed by atoms with Crippen molar-refractivity contribution in [2.45, 2.75) is 30.0 Å². The third-order valence-corrected chi connectivity index (χ3v) is 8.77. The van der Waals surface area contributed by atoms with Crippen molar-refractivity contribution in [1.29, 1.82) is 0 Å². The van der Waals surface area contributed by atoms with Gasteiger partial charge >= 0.3 is 0 Å². The quantitative estimate of drug-likeness (QED) is 0.328. The second-order valence-electron chi connectivity index (χ2n) is 8.16. The smallest absolute Gasteiger partial charge is 0.280 e. The number of benzene rings is 2. The Hall–Kier alpha value is -3.82. The van der Waals surface area contributed by atoms with Crippen molar-refractivity contribution in [1.82, 2.24) is 4.98 Å². The molecule has 7 nitrogen and oxygen atoms in total. The van der Waals surface area contributed by atoms with Crippen LogP contribution in [0.2, 0.25) is 0 Å². The van der Waals surface area contributed by atoms with E-state index in [1.165, 1.54) is 23.3 Å². The summed E-state index contributed by atoms with van der Waals surface area (Å²) in [5.74, 6) is 0.834. The van der Waals surface area contributed by atoms with E-state index in [4.69, 9.17) is 4.42 Å². The van der Waals surface area contributed by atoms with Crippen molar-refractivity contribution in [3.63, 3.8) is 0 Å². The van der Waals surface area contributed by atoms with Crippen LogP contribution in [-0.2, 0) is 14.6 Å². The number of rotatable bonds is 5. The summed E-state index contributed by atoms with van der Waals surface area (Å²) < 4.78 is 31.3. The highest BCUT2D eigenvalue weighted by atomic mass is 32.2. The van der Waals surface area contributed by atoms with E-state index in [0.29, 0.717) is 34.1 Å². The van der Waals surface area contributed by atoms with Crippen LogP contribution < -0.4 is 5.01 Å². The summed E-state index contributed by atoms with van der Waals surface area (Å²) in [4.78, 5) is 17.1. The lowest BCUT2D eigenvalue weighted by Gasteiger charge is -2.13. The van der Waals surface area contributed by atoms with Gasteiger partial charge in [0.25, 0.3) is 5.91 Å². The molecule has 9 heteroatoms. The average Bonchev–Trinajstić information content (AvgIpc) is 3.60. The van der Waals surface area contributed by atoms with E-state index in [9.17, 15) is 13.2 Å². The molecule has 0 N–H and O–H groups in total. The van der Waals surface area contributed by atoms with Crippen molar-refractivity contribution in [2.24, 2.45) is 5.10 Å². The molecule has 0 saturated carbocycles. The van der Waals surface area contributed by atoms with Gasteiger partial charge in [-0.05, 0) is 86.5 Å². The topological polar surface area (TPSA) is 92.8 Å². The second kappa shape index (κ2) is 8.75. The van der Waals surface area contributed by atoms with Crippen molar-refractivity contribution in [3.05, 3.63) is 88.6 Å². The molecule has 1 aliphatic heterocycles. The van der Waals surface area contributed by atoms with Crippen LogP contribution in [0.4, 0.5) is 5.69 Å². The number of amides is 1. The number of hydrazone groups is 1. The summed E-state index contributed by atoms with van der Waals surface area (Å²) in [5, 5.41) is 7.47. The van der Waals surface area contributed by atoms with Crippen LogP contribution in [-0.4, -0.2) is 25.0 Å². The molecule has 3 heterocycles. The van der Waals surface area contributed by atoms with Crippen molar-refractivity contribution < 1.29 is 17.6 Å². The lowest BCUT2D eigenvalue weighted by molar-refractivity contribution is -0.114. The van der Waals surface area contributed by atoms with E-state index in [1.54, 1.807) is 42.6 Å². The fraction of sp³-hybridized carbons (Fsp3) is 0.115. The van der Waals surface area contributed by atoms with Crippen molar-refractivity contribution in [2.75, 3.05) is 5.01 Å². The Morgan fingerprint density at radius 2 is 1.74 bits per heavy atom. The lowest BCUT2D eigenvalue weighted by atomic mass is 10.1. The number of thiazole rings is 1. The van der Waals surface area contributed by atoms with E-state index >= 15 is 0 Å². The number of nitrogens with zero attached hydrogens (tertiary/aromatic N) is 3. The highest BCUT2D eigenvalue weighted by molar-refractivity contribution is 7.93. The van der Waals surface area contributed by atoms with Crippen LogP contribution >= 0.6 is 11.3 Å². The van der Waals surface area contributed by atoms with Crippen LogP contribution in [0.5, 0.6) is 0 Å². The van der Waals surface area contributed by atoms with E-state index in [2.05, 4.69) is 10.1 Å². The molecule has 0 aliphatic carbocycles. The Morgan fingerprint density at radius 3 is 2.43 bits per heavy atom. The molecular weight excluding hydrogens is 482 g/mol. The third-order valence-electron chi connectivity index (χ3n) is 5.80. The molecule has 5 rings (SSSR count). The minimum Gasteiger partial charge on any atom is -0.457 e. The van der Waals surface area contributed by atoms with Crippen molar-refractivity contribution >= 4 is 44.6 Å². The first kappa shape index (κ1) is 22.9. The van der Waals surface area contributed by atoms with Gasteiger partial charge < -0.3 is 4.42 Å². The zero-order chi connectivity index (χ0) is 24.7. The maximum Gasteiger partial charge on any atom is 0.280 e. The Balaban J connectivity index is 1.38. The fourth-order valence-electron chi connectivity index (χ4n) is 3.69. The van der Waals surface area contributed by atoms with Gasteiger partial charge in [0.05, 0.1) is 21.9 Å². The summed E-state index contributed by atoms with van der Waals surface area (Å²) in [6.45, 7) is 5.81. The van der Waals surface area contributed by atoms with Gasteiger partial charge in [-0.15, -0.1) is 11.3 Å². The highest BCUT2D eigenvalue weighted by Gasteiger charge is 2.29. The summed E-state index contributed by atoms with van der Waals surface area (Å²) in [6, 6.07) is 15.8. The van der Waals surface area contributed by atoms with Crippen LogP contribution in [0.3, 0.4) is 0 Å². The standard InChI is InChI=1S/C26H21N3O4S2/c1-16-4-7-20(14-17(16)2)29-25(30)23(18(3)28-29)15-21-8-11-24(33-21)19-5-9-22(10-6-19)35(31,32)26-27-12-13-34-26/h4-15H,1-3H3/b23-15-. The molecule has 2 aromatic carbocycles. The Bertz CT molecular complexity index is 1600. The largest absolute Gasteiger partial charge is 0.457 e. The van der Waals surface area contributed by atoms with Gasteiger partial charge in [-0.1, -0.05) is 6.07 Å². The number of aromatic nitrogens is 1. The molecule has 4 aromatic rings. The molecule has 1 amide bonds. The summed E-state index contributed by atoms with van der Waals surface area (Å²) in [7, 11) is -3.64. The molecular formula is C26H21N3O4S2. The van der Waals surface area contributed by atoms with Gasteiger partial charge in [0.1, 0.15) is 11.5 Å². The van der Waals surface area contributed by atoms with Crippen LogP contribution in [0, 0.1) is 13.8 Å². The number of carbonyl (C=O) groups excluding carboxylic acids is 1. The molecule has 0 atom stereocenters. The van der Waals surface area contributed by atoms with Crippen LogP contribution in [0.1, 0.15) is 23.8 Å². The first-order valence-electron chi connectivity index (χ1n) is 10.8. The normalized spacial score (nSPS) is 15.2. The van der Waals surface area contributed by atoms with Gasteiger partial charge in [-0.3, -0.25) is 4.79 Å². The van der Waals surface area contributed by atoms with Crippen LogP contribution in [0.25, 0.3) is 17.4 Å². The van der Waals surface area contributed by atoms with Gasteiger partial charge in [-0.2, -0.15) is 10.1 Å². The van der Waals surface area contributed by atoms with Gasteiger partial charge in [0, 0.05) is 17.1 Å². The van der Waals surface area contributed by atoms with Gasteiger partial charge in [0.15, 0.2) is 0 Å². The molecule has 0 unspecified atom stereocenters. The molecule has 35 heavy (non-hydrogen) atoms. The SMILES string of the molecule is CC1=NN(c2ccc(C)c(C)c2)C(=O)/C1=C\c1ccc(-c2ccc(S(=O)(=O)c3nccs3)cc2)o1. The predicted octanol–water partition coefficient (Wildman–Crippen LogP) is 5.66. The average molecular weight is 504 g/mol. The molecule has 1 aliphatic rings. The van der Waals surface area contributed by atoms with Crippen LogP contribution in [0.15, 0.2) is 90.5 Å². The number of hydrogen-bond donors (Lipinski definition) is 0. The summed E-state index contributed by atoms with van der Waals surface area (Å²) in [5.41, 5.74) is 4.72. The first-order valence-corrected chi connectivity index (χ1v) is 13.1. The number of furan rings is 1. The number of sulfone groups is 1. The van der Waals surface area contributed by atoms with Gasteiger partial charge in [-0.25, -0.2) is 13.4 Å². The number of hydrogen-bond acceptors (Lipinski definition) is 7. The molecule has 2 aromatic heterocycles. The monoisotopic (exact) mass is 503 g/mol. The first-order chi connectivity index (χ1) is 16.7. The molecule has 0 saturated heterocycles. The second-order valence-corrected chi connectivity index (χ2v) is 11.2. The van der Waals surface area contributed by atoms with E-state index in [1.807, 2.05) is 32.0 Å². The maximum atomic E-state index is 13.1. The molecule has 0 bridgehead atoms. The Kier molecular flexibility index (Phi) is 5.74. The number of carbonyl (C=O) groups is 1. The number of anilines is 1. The third kappa shape index (κ3) is 4.24. The molecule has 0 radical (unpaired) electrons. The minimum atomic E-state index is -3.64. The van der Waals surface area contributed by atoms with Crippen molar-refractivity contribution in [3.8, 4) is 11.3 Å². The molecule has 0 spiro atoms. The predicted molar refractivity (Wildman–Crippen MR) is 136 cm³/mol. The maximum absolute atomic E-state index is 13.1. The molecule has 0 fully saturated rings. The Morgan fingerprint density at radius 1 is 0.971 bits per heavy atom. The zero-order valence-electron chi connectivity index (χ0n) is 19.2. The minimum absolute atomic E-state index is 0.0604. The summed E-state index contributed by atoms with van der Waals surface area (Å²) in [6.07, 6.45) is 3.14. The zero-order valence-corrected chi connectivity index (χ0v) is 20.9. The van der Waals surface area contributed by atoms with E-state index in [-0.39, 0.29) is 15.1 Å².